The number of hydrogen-bond acceptors (Lipinski definition) is 2. The first-order valence-corrected chi connectivity index (χ1v) is 8.13. The van der Waals surface area contributed by atoms with Crippen LogP contribution in [0.5, 0.6) is 0 Å². The summed E-state index contributed by atoms with van der Waals surface area (Å²) in [5, 5.41) is 0. The first-order chi connectivity index (χ1) is 11.6. The highest BCUT2D eigenvalue weighted by Crippen LogP contribution is 2.35. The summed E-state index contributed by atoms with van der Waals surface area (Å²) < 4.78 is 18.8. The summed E-state index contributed by atoms with van der Waals surface area (Å²) in [6, 6.07) is 16.6. The number of hydrogen-bond donors (Lipinski definition) is 1. The minimum atomic E-state index is -0.430. The van der Waals surface area contributed by atoms with Crippen molar-refractivity contribution in [2.75, 3.05) is 7.11 Å². The van der Waals surface area contributed by atoms with Gasteiger partial charge in [0.25, 0.3) is 0 Å². The predicted molar refractivity (Wildman–Crippen MR) is 95.0 cm³/mol. The second-order valence-corrected chi connectivity index (χ2v) is 6.14. The topological polar surface area (TPSA) is 35.2 Å². The fourth-order valence-corrected chi connectivity index (χ4v) is 3.11. The first kappa shape index (κ1) is 16.6. The monoisotopic (exact) mass is 323 g/mol. The van der Waals surface area contributed by atoms with Crippen LogP contribution in [-0.4, -0.2) is 13.2 Å². The van der Waals surface area contributed by atoms with Gasteiger partial charge in [-0.25, -0.2) is 4.39 Å². The maximum atomic E-state index is 13.0. The van der Waals surface area contributed by atoms with Crippen LogP contribution in [0.15, 0.2) is 78.4 Å². The van der Waals surface area contributed by atoms with E-state index in [0.717, 1.165) is 23.1 Å². The van der Waals surface area contributed by atoms with Gasteiger partial charge in [-0.05, 0) is 41.3 Å². The molecule has 3 rings (SSSR count). The zero-order valence-corrected chi connectivity index (χ0v) is 13.8. The van der Waals surface area contributed by atoms with Crippen molar-refractivity contribution in [1.82, 2.24) is 0 Å². The number of ether oxygens (including phenoxy) is 1. The Kier molecular flexibility index (Phi) is 4.93. The zero-order valence-electron chi connectivity index (χ0n) is 13.8. The summed E-state index contributed by atoms with van der Waals surface area (Å²) in [7, 11) is 1.73. The normalized spacial score (nSPS) is 21.4. The van der Waals surface area contributed by atoms with E-state index < -0.39 is 5.60 Å². The molecule has 0 saturated heterocycles. The summed E-state index contributed by atoms with van der Waals surface area (Å²) in [6.45, 7) is 0. The lowest BCUT2D eigenvalue weighted by atomic mass is 9.83. The molecule has 2 unspecified atom stereocenters. The summed E-state index contributed by atoms with van der Waals surface area (Å²) in [5.41, 5.74) is 9.15. The molecule has 24 heavy (non-hydrogen) atoms. The van der Waals surface area contributed by atoms with Crippen LogP contribution in [0.2, 0.25) is 0 Å². The Bertz CT molecular complexity index is 736. The number of halogens is 1. The number of nitrogens with two attached hydrogens (primary N) is 1. The Labute approximate surface area is 142 Å². The lowest BCUT2D eigenvalue weighted by Gasteiger charge is -2.32. The smallest absolute Gasteiger partial charge is 0.123 e. The molecule has 124 valence electrons. The Morgan fingerprint density at radius 2 is 1.83 bits per heavy atom. The molecular weight excluding hydrogens is 301 g/mol. The van der Waals surface area contributed by atoms with Crippen LogP contribution in [0.25, 0.3) is 0 Å². The zero-order chi connectivity index (χ0) is 17.0. The van der Waals surface area contributed by atoms with E-state index in [1.54, 1.807) is 19.2 Å². The number of rotatable bonds is 5. The van der Waals surface area contributed by atoms with Crippen LogP contribution in [0.1, 0.15) is 17.5 Å². The van der Waals surface area contributed by atoms with Gasteiger partial charge < -0.3 is 10.5 Å². The van der Waals surface area contributed by atoms with Crippen molar-refractivity contribution >= 4 is 0 Å². The molecule has 0 spiro atoms. The predicted octanol–water partition coefficient (Wildman–Crippen LogP) is 4.12. The van der Waals surface area contributed by atoms with Crippen molar-refractivity contribution in [1.29, 1.82) is 0 Å². The van der Waals surface area contributed by atoms with Crippen LogP contribution in [0.3, 0.4) is 0 Å². The van der Waals surface area contributed by atoms with Crippen molar-refractivity contribution < 1.29 is 9.13 Å². The molecule has 0 saturated carbocycles. The number of benzene rings is 2. The molecule has 1 aliphatic carbocycles. The molecule has 2 atom stereocenters. The van der Waals surface area contributed by atoms with Crippen LogP contribution in [-0.2, 0) is 16.8 Å². The Balaban J connectivity index is 1.73. The van der Waals surface area contributed by atoms with Gasteiger partial charge in [0.1, 0.15) is 11.4 Å². The highest BCUT2D eigenvalue weighted by atomic mass is 19.1. The molecule has 2 aromatic rings. The summed E-state index contributed by atoms with van der Waals surface area (Å²) in [5.74, 6) is -0.225. The van der Waals surface area contributed by atoms with Gasteiger partial charge in [0.2, 0.25) is 0 Å². The average molecular weight is 323 g/mol. The van der Waals surface area contributed by atoms with E-state index in [2.05, 4.69) is 24.3 Å². The van der Waals surface area contributed by atoms with Gasteiger partial charge in [0, 0.05) is 19.6 Å². The second kappa shape index (κ2) is 7.12. The quantitative estimate of drug-likeness (QED) is 0.898. The lowest BCUT2D eigenvalue weighted by molar-refractivity contribution is 0.0303. The van der Waals surface area contributed by atoms with E-state index in [1.807, 2.05) is 24.3 Å². The van der Waals surface area contributed by atoms with E-state index in [-0.39, 0.29) is 11.9 Å². The van der Waals surface area contributed by atoms with Crippen LogP contribution in [0, 0.1) is 5.82 Å². The third kappa shape index (κ3) is 3.48. The molecule has 0 fully saturated rings. The maximum absolute atomic E-state index is 13.0. The van der Waals surface area contributed by atoms with Gasteiger partial charge in [-0.2, -0.15) is 0 Å². The molecule has 2 nitrogen and oxygen atoms in total. The SMILES string of the molecule is COC1(c2ccccc2)C=CC(C(N)Cc2ccc(F)cc2)=CC1. The molecule has 0 bridgehead atoms. The van der Waals surface area contributed by atoms with Crippen molar-refractivity contribution in [3.05, 3.63) is 95.3 Å². The molecule has 1 aliphatic rings. The molecule has 0 heterocycles. The third-order valence-electron chi connectivity index (χ3n) is 4.61. The largest absolute Gasteiger partial charge is 0.369 e. The fraction of sp³-hybridized carbons (Fsp3) is 0.238. The Hall–Kier alpha value is -2.23. The van der Waals surface area contributed by atoms with Crippen molar-refractivity contribution in [2.24, 2.45) is 5.73 Å². The van der Waals surface area contributed by atoms with E-state index in [9.17, 15) is 4.39 Å². The summed E-state index contributed by atoms with van der Waals surface area (Å²) >= 11 is 0. The molecular formula is C21H22FNO. The molecule has 0 amide bonds. The van der Waals surface area contributed by atoms with Crippen LogP contribution >= 0.6 is 0 Å². The van der Waals surface area contributed by atoms with Gasteiger partial charge >= 0.3 is 0 Å². The molecule has 0 aromatic heterocycles. The molecule has 0 radical (unpaired) electrons. The molecule has 3 heteroatoms. The van der Waals surface area contributed by atoms with E-state index in [4.69, 9.17) is 10.5 Å². The molecule has 0 aliphatic heterocycles. The standard InChI is InChI=1S/C21H22FNO/c1-24-21(18-5-3-2-4-6-18)13-11-17(12-14-21)20(23)15-16-7-9-19(22)10-8-16/h2-13,20H,14-15,23H2,1H3. The van der Waals surface area contributed by atoms with E-state index in [1.165, 1.54) is 12.1 Å². The Morgan fingerprint density at radius 3 is 2.42 bits per heavy atom. The van der Waals surface area contributed by atoms with Gasteiger partial charge in [-0.3, -0.25) is 0 Å². The molecule has 2 N–H and O–H groups in total. The second-order valence-electron chi connectivity index (χ2n) is 6.14. The maximum Gasteiger partial charge on any atom is 0.123 e. The summed E-state index contributed by atoms with van der Waals surface area (Å²) in [6.07, 6.45) is 7.71. The minimum absolute atomic E-state index is 0.114. The number of methoxy groups -OCH3 is 1. The van der Waals surface area contributed by atoms with Gasteiger partial charge in [0.15, 0.2) is 0 Å². The minimum Gasteiger partial charge on any atom is -0.369 e. The first-order valence-electron chi connectivity index (χ1n) is 8.13. The van der Waals surface area contributed by atoms with Crippen LogP contribution in [0.4, 0.5) is 4.39 Å². The van der Waals surface area contributed by atoms with Gasteiger partial charge in [-0.15, -0.1) is 0 Å². The third-order valence-corrected chi connectivity index (χ3v) is 4.61. The van der Waals surface area contributed by atoms with Gasteiger partial charge in [0.05, 0.1) is 0 Å². The van der Waals surface area contributed by atoms with Gasteiger partial charge in [-0.1, -0.05) is 54.6 Å². The summed E-state index contributed by atoms with van der Waals surface area (Å²) in [4.78, 5) is 0. The Morgan fingerprint density at radius 1 is 1.12 bits per heavy atom. The average Bonchev–Trinajstić information content (AvgIpc) is 2.64. The van der Waals surface area contributed by atoms with Crippen LogP contribution < -0.4 is 5.73 Å². The highest BCUT2D eigenvalue weighted by Gasteiger charge is 2.30. The highest BCUT2D eigenvalue weighted by molar-refractivity contribution is 5.38. The van der Waals surface area contributed by atoms with E-state index in [0.29, 0.717) is 6.42 Å². The van der Waals surface area contributed by atoms with E-state index >= 15 is 0 Å². The van der Waals surface area contributed by atoms with Crippen molar-refractivity contribution in [2.45, 2.75) is 24.5 Å². The van der Waals surface area contributed by atoms with Crippen molar-refractivity contribution in [3.8, 4) is 0 Å². The van der Waals surface area contributed by atoms with Crippen molar-refractivity contribution in [3.63, 3.8) is 0 Å². The fourth-order valence-electron chi connectivity index (χ4n) is 3.11. The molecule has 2 aromatic carbocycles. The lowest BCUT2D eigenvalue weighted by Crippen LogP contribution is -2.31.